The minimum atomic E-state index is 0.00952. The van der Waals surface area contributed by atoms with E-state index in [9.17, 15) is 9.90 Å². The van der Waals surface area contributed by atoms with Gasteiger partial charge in [0.25, 0.3) is 0 Å². The molecule has 1 unspecified atom stereocenters. The Bertz CT molecular complexity index is 580. The summed E-state index contributed by atoms with van der Waals surface area (Å²) in [4.78, 5) is 17.6. The molecule has 1 atom stereocenters. The highest BCUT2D eigenvalue weighted by molar-refractivity contribution is 5.99. The number of anilines is 1. The van der Waals surface area contributed by atoms with Gasteiger partial charge in [0.05, 0.1) is 11.9 Å². The second-order valence-electron chi connectivity index (χ2n) is 4.64. The van der Waals surface area contributed by atoms with Crippen LogP contribution in [0.1, 0.15) is 6.42 Å². The summed E-state index contributed by atoms with van der Waals surface area (Å²) in [6.45, 7) is 0.577. The van der Waals surface area contributed by atoms with Crippen molar-refractivity contribution < 1.29 is 14.3 Å². The molecule has 3 rings (SSSR count). The fourth-order valence-corrected chi connectivity index (χ4v) is 2.40. The van der Waals surface area contributed by atoms with Gasteiger partial charge in [0.1, 0.15) is 0 Å². The molecular formula is C14H14N2O3. The highest BCUT2D eigenvalue weighted by atomic mass is 16.3. The third-order valence-electron chi connectivity index (χ3n) is 3.36. The van der Waals surface area contributed by atoms with Crippen molar-refractivity contribution in [2.24, 2.45) is 5.92 Å². The van der Waals surface area contributed by atoms with Crippen LogP contribution in [0.3, 0.4) is 0 Å². The molecule has 1 aliphatic heterocycles. The van der Waals surface area contributed by atoms with Crippen LogP contribution in [-0.2, 0) is 4.79 Å². The summed E-state index contributed by atoms with van der Waals surface area (Å²) in [5.41, 5.74) is 1.65. The summed E-state index contributed by atoms with van der Waals surface area (Å²) < 4.78 is 5.31. The van der Waals surface area contributed by atoms with Crippen molar-refractivity contribution in [2.45, 2.75) is 6.42 Å². The SMILES string of the molecule is O=C1CC(CO)CN1c1ccccc1-c1cnco1. The van der Waals surface area contributed by atoms with Crippen LogP contribution in [0.25, 0.3) is 11.3 Å². The van der Waals surface area contributed by atoms with Gasteiger partial charge in [-0.15, -0.1) is 0 Å². The molecule has 0 aliphatic carbocycles. The van der Waals surface area contributed by atoms with E-state index in [2.05, 4.69) is 4.98 Å². The lowest BCUT2D eigenvalue weighted by atomic mass is 10.1. The van der Waals surface area contributed by atoms with E-state index in [1.165, 1.54) is 6.39 Å². The summed E-state index contributed by atoms with van der Waals surface area (Å²) in [5, 5.41) is 9.19. The Morgan fingerprint density at radius 2 is 2.26 bits per heavy atom. The molecule has 98 valence electrons. The summed E-state index contributed by atoms with van der Waals surface area (Å²) in [5.74, 6) is 0.678. The Labute approximate surface area is 110 Å². The summed E-state index contributed by atoms with van der Waals surface area (Å²) >= 11 is 0. The van der Waals surface area contributed by atoms with Crippen LogP contribution in [-0.4, -0.2) is 29.1 Å². The minimum absolute atomic E-state index is 0.00952. The van der Waals surface area contributed by atoms with Gasteiger partial charge < -0.3 is 14.4 Å². The molecule has 0 bridgehead atoms. The first kappa shape index (κ1) is 11.9. The van der Waals surface area contributed by atoms with Crippen molar-refractivity contribution >= 4 is 11.6 Å². The first-order valence-electron chi connectivity index (χ1n) is 6.18. The number of aliphatic hydroxyl groups is 1. The van der Waals surface area contributed by atoms with Crippen LogP contribution in [0, 0.1) is 5.92 Å². The number of carbonyl (C=O) groups excluding carboxylic acids is 1. The smallest absolute Gasteiger partial charge is 0.227 e. The number of hydrogen-bond acceptors (Lipinski definition) is 4. The van der Waals surface area contributed by atoms with E-state index in [0.29, 0.717) is 18.7 Å². The van der Waals surface area contributed by atoms with Crippen molar-refractivity contribution in [2.75, 3.05) is 18.1 Å². The van der Waals surface area contributed by atoms with Crippen LogP contribution in [0.15, 0.2) is 41.3 Å². The molecule has 0 radical (unpaired) electrons. The maximum Gasteiger partial charge on any atom is 0.227 e. The fourth-order valence-electron chi connectivity index (χ4n) is 2.40. The Morgan fingerprint density at radius 1 is 1.42 bits per heavy atom. The minimum Gasteiger partial charge on any atom is -0.443 e. The van der Waals surface area contributed by atoms with Crippen LogP contribution < -0.4 is 4.90 Å². The lowest BCUT2D eigenvalue weighted by molar-refractivity contribution is -0.117. The highest BCUT2D eigenvalue weighted by Gasteiger charge is 2.31. The van der Waals surface area contributed by atoms with E-state index < -0.39 is 0 Å². The van der Waals surface area contributed by atoms with E-state index in [1.54, 1.807) is 11.1 Å². The van der Waals surface area contributed by atoms with Gasteiger partial charge in [0.2, 0.25) is 5.91 Å². The third kappa shape index (κ3) is 2.13. The molecule has 5 heteroatoms. The number of hydrogen-bond donors (Lipinski definition) is 1. The molecule has 0 spiro atoms. The van der Waals surface area contributed by atoms with E-state index in [1.807, 2.05) is 24.3 Å². The predicted octanol–water partition coefficient (Wildman–Crippen LogP) is 1.69. The average Bonchev–Trinajstić information content (AvgIpc) is 3.08. The molecule has 0 saturated carbocycles. The second-order valence-corrected chi connectivity index (χ2v) is 4.64. The fraction of sp³-hybridized carbons (Fsp3) is 0.286. The van der Waals surface area contributed by atoms with Gasteiger partial charge in [-0.3, -0.25) is 4.79 Å². The second kappa shape index (κ2) is 4.85. The zero-order chi connectivity index (χ0) is 13.2. The number of aromatic nitrogens is 1. The monoisotopic (exact) mass is 258 g/mol. The molecule has 5 nitrogen and oxygen atoms in total. The van der Waals surface area contributed by atoms with E-state index in [-0.39, 0.29) is 18.4 Å². The molecule has 1 saturated heterocycles. The largest absolute Gasteiger partial charge is 0.443 e. The van der Waals surface area contributed by atoms with Crippen molar-refractivity contribution in [3.63, 3.8) is 0 Å². The van der Waals surface area contributed by atoms with Crippen LogP contribution in [0.5, 0.6) is 0 Å². The van der Waals surface area contributed by atoms with Gasteiger partial charge in [-0.25, -0.2) is 4.98 Å². The standard InChI is InChI=1S/C14H14N2O3/c17-8-10-5-14(18)16(7-10)12-4-2-1-3-11(12)13-6-15-9-19-13/h1-4,6,9-10,17H,5,7-8H2. The molecule has 19 heavy (non-hydrogen) atoms. The molecule has 1 aromatic heterocycles. The lowest BCUT2D eigenvalue weighted by Gasteiger charge is -2.19. The Morgan fingerprint density at radius 3 is 2.95 bits per heavy atom. The molecule has 1 N–H and O–H groups in total. The number of benzene rings is 1. The molecular weight excluding hydrogens is 244 g/mol. The summed E-state index contributed by atoms with van der Waals surface area (Å²) in [6.07, 6.45) is 3.39. The van der Waals surface area contributed by atoms with Gasteiger partial charge in [-0.1, -0.05) is 12.1 Å². The molecule has 1 aromatic carbocycles. The number of aliphatic hydroxyl groups excluding tert-OH is 1. The van der Waals surface area contributed by atoms with E-state index in [0.717, 1.165) is 11.3 Å². The van der Waals surface area contributed by atoms with Gasteiger partial charge in [0, 0.05) is 31.1 Å². The van der Waals surface area contributed by atoms with E-state index in [4.69, 9.17) is 4.42 Å². The van der Waals surface area contributed by atoms with Gasteiger partial charge >= 0.3 is 0 Å². The summed E-state index contributed by atoms with van der Waals surface area (Å²) in [7, 11) is 0. The highest BCUT2D eigenvalue weighted by Crippen LogP contribution is 2.34. The Hall–Kier alpha value is -2.14. The van der Waals surface area contributed by atoms with Crippen LogP contribution in [0.2, 0.25) is 0 Å². The van der Waals surface area contributed by atoms with Gasteiger partial charge in [-0.05, 0) is 12.1 Å². The van der Waals surface area contributed by atoms with Crippen LogP contribution >= 0.6 is 0 Å². The van der Waals surface area contributed by atoms with Gasteiger partial charge in [-0.2, -0.15) is 0 Å². The maximum atomic E-state index is 12.0. The van der Waals surface area contributed by atoms with Gasteiger partial charge in [0.15, 0.2) is 12.2 Å². The number of amides is 1. The zero-order valence-electron chi connectivity index (χ0n) is 10.3. The molecule has 1 amide bonds. The first-order chi connectivity index (χ1) is 9.29. The number of carbonyl (C=O) groups is 1. The van der Waals surface area contributed by atoms with Crippen molar-refractivity contribution in [3.8, 4) is 11.3 Å². The van der Waals surface area contributed by atoms with Crippen LogP contribution in [0.4, 0.5) is 5.69 Å². The lowest BCUT2D eigenvalue weighted by Crippen LogP contribution is -2.25. The quantitative estimate of drug-likeness (QED) is 0.909. The number of para-hydroxylation sites is 1. The molecule has 2 heterocycles. The third-order valence-corrected chi connectivity index (χ3v) is 3.36. The summed E-state index contributed by atoms with van der Waals surface area (Å²) in [6, 6.07) is 7.56. The number of nitrogens with zero attached hydrogens (tertiary/aromatic N) is 2. The first-order valence-corrected chi connectivity index (χ1v) is 6.18. The van der Waals surface area contributed by atoms with Crippen molar-refractivity contribution in [1.82, 2.24) is 4.98 Å². The number of rotatable bonds is 3. The van der Waals surface area contributed by atoms with Crippen molar-refractivity contribution in [3.05, 3.63) is 36.9 Å². The molecule has 2 aromatic rings. The van der Waals surface area contributed by atoms with E-state index >= 15 is 0 Å². The average molecular weight is 258 g/mol. The predicted molar refractivity (Wildman–Crippen MR) is 69.5 cm³/mol. The Balaban J connectivity index is 2.00. The Kier molecular flexibility index (Phi) is 3.05. The van der Waals surface area contributed by atoms with Crippen molar-refractivity contribution in [1.29, 1.82) is 0 Å². The topological polar surface area (TPSA) is 66.6 Å². The zero-order valence-corrected chi connectivity index (χ0v) is 10.3. The molecule has 1 aliphatic rings. The molecule has 1 fully saturated rings. The normalized spacial score (nSPS) is 19.1. The number of oxazole rings is 1. The maximum absolute atomic E-state index is 12.0.